The molecule has 1 fully saturated rings. The van der Waals surface area contributed by atoms with Crippen LogP contribution in [-0.2, 0) is 0 Å². The first-order valence-corrected chi connectivity index (χ1v) is 6.06. The van der Waals surface area contributed by atoms with E-state index in [1.807, 2.05) is 0 Å². The van der Waals surface area contributed by atoms with E-state index in [9.17, 15) is 5.11 Å². The summed E-state index contributed by atoms with van der Waals surface area (Å²) in [6, 6.07) is 0.382. The molecule has 2 nitrogen and oxygen atoms in total. The molecule has 1 saturated carbocycles. The number of hydrogen-bond acceptors (Lipinski definition) is 2. The molecular formula is C12H25NO. The monoisotopic (exact) mass is 199 g/mol. The van der Waals surface area contributed by atoms with E-state index in [4.69, 9.17) is 0 Å². The van der Waals surface area contributed by atoms with Crippen LogP contribution >= 0.6 is 0 Å². The van der Waals surface area contributed by atoms with E-state index in [1.54, 1.807) is 0 Å². The predicted octanol–water partition coefficient (Wildman–Crippen LogP) is 2.41. The van der Waals surface area contributed by atoms with Crippen LogP contribution in [0.5, 0.6) is 0 Å². The van der Waals surface area contributed by atoms with Crippen LogP contribution in [-0.4, -0.2) is 36.2 Å². The molecule has 0 heterocycles. The van der Waals surface area contributed by atoms with Crippen LogP contribution in [0.15, 0.2) is 0 Å². The molecule has 2 atom stereocenters. The van der Waals surface area contributed by atoms with E-state index < -0.39 is 0 Å². The highest BCUT2D eigenvalue weighted by atomic mass is 16.3. The Morgan fingerprint density at radius 3 is 1.93 bits per heavy atom. The first kappa shape index (κ1) is 12.0. The lowest BCUT2D eigenvalue weighted by molar-refractivity contribution is 0.0594. The molecule has 0 aromatic carbocycles. The van der Waals surface area contributed by atoms with Gasteiger partial charge in [-0.3, -0.25) is 0 Å². The van der Waals surface area contributed by atoms with E-state index in [-0.39, 0.29) is 6.10 Å². The number of aliphatic hydroxyl groups is 1. The van der Waals surface area contributed by atoms with Crippen LogP contribution in [0.3, 0.4) is 0 Å². The van der Waals surface area contributed by atoms with Crippen LogP contribution < -0.4 is 0 Å². The minimum atomic E-state index is -0.108. The Morgan fingerprint density at radius 2 is 1.36 bits per heavy atom. The number of rotatable bonds is 1. The van der Waals surface area contributed by atoms with E-state index >= 15 is 0 Å². The standard InChI is InChI=1S/C12H25NO/c1-13(2)11-9-7-5-3-4-6-8-10-12(11)14/h11-12,14H,3-10H2,1-2H3/t11-,12+/m0/s1. The molecule has 1 rings (SSSR count). The molecule has 0 unspecified atom stereocenters. The fraction of sp³-hybridized carbons (Fsp3) is 1.00. The van der Waals surface area contributed by atoms with Crippen molar-refractivity contribution < 1.29 is 5.11 Å². The molecule has 0 aromatic rings. The van der Waals surface area contributed by atoms with E-state index in [1.165, 1.54) is 38.5 Å². The maximum absolute atomic E-state index is 10.0. The number of nitrogens with zero attached hydrogens (tertiary/aromatic N) is 1. The lowest BCUT2D eigenvalue weighted by atomic mass is 9.95. The van der Waals surface area contributed by atoms with Crippen LogP contribution in [0, 0.1) is 0 Å². The SMILES string of the molecule is CN(C)[C@H]1CCCCCCCC[C@H]1O. The Hall–Kier alpha value is -0.0800. The van der Waals surface area contributed by atoms with Crippen molar-refractivity contribution in [1.82, 2.24) is 4.90 Å². The molecule has 0 amide bonds. The predicted molar refractivity (Wildman–Crippen MR) is 60.4 cm³/mol. The summed E-state index contributed by atoms with van der Waals surface area (Å²) in [6.45, 7) is 0. The van der Waals surface area contributed by atoms with Gasteiger partial charge in [-0.05, 0) is 26.9 Å². The highest BCUT2D eigenvalue weighted by molar-refractivity contribution is 4.76. The largest absolute Gasteiger partial charge is 0.391 e. The van der Waals surface area contributed by atoms with Gasteiger partial charge >= 0.3 is 0 Å². The van der Waals surface area contributed by atoms with Crippen molar-refractivity contribution in [3.63, 3.8) is 0 Å². The molecule has 0 radical (unpaired) electrons. The third-order valence-electron chi connectivity index (χ3n) is 3.36. The second-order valence-electron chi connectivity index (χ2n) is 4.80. The van der Waals surface area contributed by atoms with Crippen LogP contribution in [0.1, 0.15) is 51.4 Å². The summed E-state index contributed by atoms with van der Waals surface area (Å²) in [5.74, 6) is 0. The summed E-state index contributed by atoms with van der Waals surface area (Å²) in [5.41, 5.74) is 0. The van der Waals surface area contributed by atoms with Gasteiger partial charge in [-0.15, -0.1) is 0 Å². The van der Waals surface area contributed by atoms with Crippen molar-refractivity contribution >= 4 is 0 Å². The first-order chi connectivity index (χ1) is 6.72. The molecule has 1 aliphatic carbocycles. The highest BCUT2D eigenvalue weighted by Crippen LogP contribution is 2.19. The van der Waals surface area contributed by atoms with Gasteiger partial charge in [-0.25, -0.2) is 0 Å². The lowest BCUT2D eigenvalue weighted by Crippen LogP contribution is -2.39. The summed E-state index contributed by atoms with van der Waals surface area (Å²) >= 11 is 0. The molecule has 0 aromatic heterocycles. The third kappa shape index (κ3) is 3.97. The van der Waals surface area contributed by atoms with Gasteiger partial charge in [-0.2, -0.15) is 0 Å². The van der Waals surface area contributed by atoms with Gasteiger partial charge in [0, 0.05) is 6.04 Å². The average Bonchev–Trinajstić information content (AvgIpc) is 2.15. The second kappa shape index (κ2) is 6.41. The van der Waals surface area contributed by atoms with Crippen molar-refractivity contribution in [1.29, 1.82) is 0 Å². The zero-order chi connectivity index (χ0) is 10.4. The van der Waals surface area contributed by atoms with Gasteiger partial charge < -0.3 is 10.0 Å². The average molecular weight is 199 g/mol. The van der Waals surface area contributed by atoms with Crippen molar-refractivity contribution in [2.24, 2.45) is 0 Å². The number of hydrogen-bond donors (Lipinski definition) is 1. The van der Waals surface area contributed by atoms with E-state index in [2.05, 4.69) is 19.0 Å². The van der Waals surface area contributed by atoms with Gasteiger partial charge in [0.1, 0.15) is 0 Å². The molecule has 1 N–H and O–H groups in total. The minimum Gasteiger partial charge on any atom is -0.391 e. The number of aliphatic hydroxyl groups excluding tert-OH is 1. The van der Waals surface area contributed by atoms with Gasteiger partial charge in [0.15, 0.2) is 0 Å². The Kier molecular flexibility index (Phi) is 5.49. The maximum Gasteiger partial charge on any atom is 0.0695 e. The van der Waals surface area contributed by atoms with Gasteiger partial charge in [0.2, 0.25) is 0 Å². The van der Waals surface area contributed by atoms with E-state index in [0.29, 0.717) is 6.04 Å². The van der Waals surface area contributed by atoms with Crippen molar-refractivity contribution in [2.75, 3.05) is 14.1 Å². The first-order valence-electron chi connectivity index (χ1n) is 6.06. The zero-order valence-corrected chi connectivity index (χ0v) is 9.71. The van der Waals surface area contributed by atoms with Crippen LogP contribution in [0.2, 0.25) is 0 Å². The molecular weight excluding hydrogens is 174 g/mol. The highest BCUT2D eigenvalue weighted by Gasteiger charge is 2.20. The normalized spacial score (nSPS) is 31.7. The molecule has 0 aliphatic heterocycles. The molecule has 0 saturated heterocycles. The number of likely N-dealkylation sites (N-methyl/N-ethyl adjacent to an activating group) is 1. The second-order valence-corrected chi connectivity index (χ2v) is 4.80. The minimum absolute atomic E-state index is 0.108. The smallest absolute Gasteiger partial charge is 0.0695 e. The fourth-order valence-electron chi connectivity index (χ4n) is 2.40. The zero-order valence-electron chi connectivity index (χ0n) is 9.71. The van der Waals surface area contributed by atoms with Crippen LogP contribution in [0.4, 0.5) is 0 Å². The fourth-order valence-corrected chi connectivity index (χ4v) is 2.40. The molecule has 1 aliphatic rings. The molecule has 0 bridgehead atoms. The van der Waals surface area contributed by atoms with Gasteiger partial charge in [0.25, 0.3) is 0 Å². The summed E-state index contributed by atoms with van der Waals surface area (Å²) < 4.78 is 0. The van der Waals surface area contributed by atoms with Crippen LogP contribution in [0.25, 0.3) is 0 Å². The molecule has 84 valence electrons. The lowest BCUT2D eigenvalue weighted by Gasteiger charge is -2.29. The van der Waals surface area contributed by atoms with Gasteiger partial charge in [0.05, 0.1) is 6.10 Å². The summed E-state index contributed by atoms with van der Waals surface area (Å²) in [7, 11) is 4.17. The van der Waals surface area contributed by atoms with Crippen molar-refractivity contribution in [3.8, 4) is 0 Å². The summed E-state index contributed by atoms with van der Waals surface area (Å²) in [4.78, 5) is 2.19. The summed E-state index contributed by atoms with van der Waals surface area (Å²) in [5, 5.41) is 10.0. The van der Waals surface area contributed by atoms with Crippen molar-refractivity contribution in [2.45, 2.75) is 63.5 Å². The molecule has 14 heavy (non-hydrogen) atoms. The Balaban J connectivity index is 2.42. The van der Waals surface area contributed by atoms with Gasteiger partial charge in [-0.1, -0.05) is 38.5 Å². The Morgan fingerprint density at radius 1 is 0.857 bits per heavy atom. The molecule has 0 spiro atoms. The Bertz CT molecular complexity index is 147. The summed E-state index contributed by atoms with van der Waals surface area (Å²) in [6.07, 6.45) is 9.91. The van der Waals surface area contributed by atoms with E-state index in [0.717, 1.165) is 12.8 Å². The third-order valence-corrected chi connectivity index (χ3v) is 3.36. The molecule has 2 heteroatoms. The maximum atomic E-state index is 10.0. The van der Waals surface area contributed by atoms with Crippen molar-refractivity contribution in [3.05, 3.63) is 0 Å². The quantitative estimate of drug-likeness (QED) is 0.701. The Labute approximate surface area is 88.3 Å². The topological polar surface area (TPSA) is 23.5 Å².